The standard InChI is InChI=1S/C25H47IN3OSi/c1-19-15-14-17-24(2,3)20(19)16-18-25(4,30-31(11,12)13)22(27(5)6)21(26)23(28(7)8)29(9)10/h16,18H,14-15,17H2,1-13H3/q+1/b18-16+. The van der Waals surface area contributed by atoms with E-state index in [1.165, 1.54) is 45.5 Å². The topological polar surface area (TPSA) is 18.7 Å². The highest BCUT2D eigenvalue weighted by atomic mass is 127. The molecule has 0 spiro atoms. The Bertz CT molecular complexity index is 781. The quantitative estimate of drug-likeness (QED) is 0.123. The molecule has 1 rings (SSSR count). The van der Waals surface area contributed by atoms with E-state index in [9.17, 15) is 0 Å². The predicted octanol–water partition coefficient (Wildman–Crippen LogP) is 6.12. The van der Waals surface area contributed by atoms with Gasteiger partial charge in [-0.3, -0.25) is 9.48 Å². The second-order valence-electron chi connectivity index (χ2n) is 11.3. The van der Waals surface area contributed by atoms with Crippen LogP contribution in [0.2, 0.25) is 19.6 Å². The molecule has 6 heteroatoms. The van der Waals surface area contributed by atoms with Crippen molar-refractivity contribution >= 4 is 36.7 Å². The Kier molecular flexibility index (Phi) is 9.68. The molecule has 0 N–H and O–H groups in total. The highest BCUT2D eigenvalue weighted by Gasteiger charge is 2.39. The maximum Gasteiger partial charge on any atom is 0.286 e. The third-order valence-corrected chi connectivity index (χ3v) is 7.83. The van der Waals surface area contributed by atoms with Gasteiger partial charge in [0.15, 0.2) is 8.32 Å². The summed E-state index contributed by atoms with van der Waals surface area (Å²) in [6.45, 7) is 16.1. The van der Waals surface area contributed by atoms with Gasteiger partial charge in [0.2, 0.25) is 0 Å². The van der Waals surface area contributed by atoms with Gasteiger partial charge in [-0.05, 0) is 92.4 Å². The molecule has 0 fully saturated rings. The largest absolute Gasteiger partial charge is 0.403 e. The van der Waals surface area contributed by atoms with Crippen molar-refractivity contribution < 1.29 is 9.00 Å². The van der Waals surface area contributed by atoms with Crippen LogP contribution in [0.1, 0.15) is 47.0 Å². The highest BCUT2D eigenvalue weighted by Crippen LogP contribution is 2.42. The van der Waals surface area contributed by atoms with Crippen molar-refractivity contribution in [2.75, 3.05) is 42.3 Å². The van der Waals surface area contributed by atoms with Crippen molar-refractivity contribution in [1.29, 1.82) is 0 Å². The highest BCUT2D eigenvalue weighted by molar-refractivity contribution is 14.1. The van der Waals surface area contributed by atoms with E-state index in [1.54, 1.807) is 0 Å². The van der Waals surface area contributed by atoms with Gasteiger partial charge >= 0.3 is 0 Å². The smallest absolute Gasteiger partial charge is 0.286 e. The minimum Gasteiger partial charge on any atom is -0.403 e. The second-order valence-corrected chi connectivity index (χ2v) is 16.8. The number of hydrogen-bond acceptors (Lipinski definition) is 2. The summed E-state index contributed by atoms with van der Waals surface area (Å²) in [7, 11) is 10.8. The van der Waals surface area contributed by atoms with E-state index in [1.807, 2.05) is 0 Å². The van der Waals surface area contributed by atoms with Crippen LogP contribution in [0.5, 0.6) is 0 Å². The van der Waals surface area contributed by atoms with Crippen LogP contribution in [0.15, 0.2) is 32.6 Å². The molecule has 1 aliphatic rings. The monoisotopic (exact) mass is 560 g/mol. The predicted molar refractivity (Wildman–Crippen MR) is 148 cm³/mol. The first-order valence-corrected chi connectivity index (χ1v) is 15.8. The van der Waals surface area contributed by atoms with Gasteiger partial charge in [0.1, 0.15) is 9.18 Å². The van der Waals surface area contributed by atoms with E-state index < -0.39 is 13.9 Å². The summed E-state index contributed by atoms with van der Waals surface area (Å²) in [5.74, 6) is 1.18. The Balaban J connectivity index is 3.79. The van der Waals surface area contributed by atoms with Crippen molar-refractivity contribution in [2.24, 2.45) is 5.41 Å². The molecule has 1 atom stereocenters. The van der Waals surface area contributed by atoms with Crippen molar-refractivity contribution in [3.63, 3.8) is 0 Å². The van der Waals surface area contributed by atoms with Gasteiger partial charge in [-0.2, -0.15) is 0 Å². The fourth-order valence-corrected chi connectivity index (χ4v) is 8.23. The zero-order valence-electron chi connectivity index (χ0n) is 22.4. The number of rotatable bonds is 7. The Labute approximate surface area is 207 Å². The van der Waals surface area contributed by atoms with E-state index in [-0.39, 0.29) is 5.41 Å². The number of nitrogens with zero attached hydrogens (tertiary/aromatic N) is 3. The van der Waals surface area contributed by atoms with Crippen molar-refractivity contribution in [3.8, 4) is 0 Å². The molecule has 31 heavy (non-hydrogen) atoms. The Morgan fingerprint density at radius 2 is 1.68 bits per heavy atom. The average molecular weight is 561 g/mol. The first-order valence-electron chi connectivity index (χ1n) is 11.3. The van der Waals surface area contributed by atoms with Crippen LogP contribution in [0, 0.1) is 5.41 Å². The fourth-order valence-electron chi connectivity index (χ4n) is 4.81. The van der Waals surface area contributed by atoms with Gasteiger partial charge in [0.25, 0.3) is 5.84 Å². The fraction of sp³-hybridized carbons (Fsp3) is 0.720. The third-order valence-electron chi connectivity index (χ3n) is 5.80. The van der Waals surface area contributed by atoms with Gasteiger partial charge in [0, 0.05) is 14.1 Å². The molecular formula is C25H47IN3OSi+. The SMILES string of the molecule is CC1=C(/C=C/C(C)(O[Si](C)(C)C)/C(=C(\I)C(N(C)C)=[N+](C)C)N(C)C)C(C)(C)CCC1. The molecular weight excluding hydrogens is 513 g/mol. The molecule has 1 unspecified atom stereocenters. The summed E-state index contributed by atoms with van der Waals surface area (Å²) in [4.78, 5) is 4.41. The van der Waals surface area contributed by atoms with Gasteiger partial charge in [-0.25, -0.2) is 0 Å². The van der Waals surface area contributed by atoms with Gasteiger partial charge < -0.3 is 9.33 Å². The van der Waals surface area contributed by atoms with Gasteiger partial charge in [-0.1, -0.05) is 25.5 Å². The molecule has 0 aromatic rings. The van der Waals surface area contributed by atoms with Crippen LogP contribution in [-0.4, -0.2) is 76.4 Å². The molecule has 0 aliphatic heterocycles. The lowest BCUT2D eigenvalue weighted by molar-refractivity contribution is -0.468. The maximum atomic E-state index is 6.95. The van der Waals surface area contributed by atoms with Crippen LogP contribution in [0.4, 0.5) is 0 Å². The lowest BCUT2D eigenvalue weighted by atomic mass is 9.72. The summed E-state index contributed by atoms with van der Waals surface area (Å²) in [5.41, 5.74) is 3.86. The van der Waals surface area contributed by atoms with Crippen LogP contribution < -0.4 is 0 Å². The van der Waals surface area contributed by atoms with Crippen molar-refractivity contribution in [2.45, 2.75) is 72.2 Å². The molecule has 0 aromatic heterocycles. The van der Waals surface area contributed by atoms with E-state index in [0.717, 1.165) is 0 Å². The van der Waals surface area contributed by atoms with E-state index in [2.05, 4.69) is 139 Å². The van der Waals surface area contributed by atoms with Gasteiger partial charge in [-0.15, -0.1) is 0 Å². The molecule has 4 nitrogen and oxygen atoms in total. The summed E-state index contributed by atoms with van der Waals surface area (Å²) in [5, 5.41) is 0. The summed E-state index contributed by atoms with van der Waals surface area (Å²) in [6, 6.07) is 0. The first-order chi connectivity index (χ1) is 13.9. The molecule has 0 saturated carbocycles. The first kappa shape index (κ1) is 28.4. The minimum atomic E-state index is -1.84. The van der Waals surface area contributed by atoms with Gasteiger partial charge in [0.05, 0.1) is 33.9 Å². The second kappa shape index (κ2) is 10.6. The minimum absolute atomic E-state index is 0.207. The van der Waals surface area contributed by atoms with Crippen molar-refractivity contribution in [1.82, 2.24) is 9.80 Å². The molecule has 1 aliphatic carbocycles. The molecule has 0 heterocycles. The molecule has 178 valence electrons. The molecule has 0 aromatic carbocycles. The zero-order chi connectivity index (χ0) is 24.4. The van der Waals surface area contributed by atoms with E-state index in [4.69, 9.17) is 4.43 Å². The molecule has 0 saturated heterocycles. The Morgan fingerprint density at radius 3 is 2.06 bits per heavy atom. The van der Waals surface area contributed by atoms with Crippen LogP contribution in [0.3, 0.4) is 0 Å². The Morgan fingerprint density at radius 1 is 1.13 bits per heavy atom. The number of allylic oxidation sites excluding steroid dienone is 3. The zero-order valence-corrected chi connectivity index (χ0v) is 25.6. The summed E-state index contributed by atoms with van der Waals surface area (Å²) < 4.78 is 10.3. The molecule has 0 bridgehead atoms. The van der Waals surface area contributed by atoms with E-state index in [0.29, 0.717) is 0 Å². The van der Waals surface area contributed by atoms with E-state index >= 15 is 0 Å². The lowest BCUT2D eigenvalue weighted by Gasteiger charge is -2.40. The third kappa shape index (κ3) is 7.46. The van der Waals surface area contributed by atoms with Crippen LogP contribution >= 0.6 is 22.6 Å². The normalized spacial score (nSPS) is 19.8. The lowest BCUT2D eigenvalue weighted by Crippen LogP contribution is -2.46. The Hall–Kier alpha value is -0.603. The number of hydrogen-bond donors (Lipinski definition) is 0. The summed E-state index contributed by atoms with van der Waals surface area (Å²) >= 11 is 2.50. The van der Waals surface area contributed by atoms with Crippen molar-refractivity contribution in [3.05, 3.63) is 32.6 Å². The number of halogens is 1. The van der Waals surface area contributed by atoms with Crippen LogP contribution in [0.25, 0.3) is 0 Å². The number of likely N-dealkylation sites (N-methyl/N-ethyl adjacent to an activating group) is 2. The molecule has 0 amide bonds. The summed E-state index contributed by atoms with van der Waals surface area (Å²) in [6.07, 6.45) is 8.41. The van der Waals surface area contributed by atoms with Crippen LogP contribution in [-0.2, 0) is 4.43 Å². The maximum absolute atomic E-state index is 6.95. The molecule has 0 radical (unpaired) electrons. The number of amidine groups is 1. The average Bonchev–Trinajstić information content (AvgIpc) is 2.50.